The zero-order valence-electron chi connectivity index (χ0n) is 9.06. The topological polar surface area (TPSA) is 18.5 Å². The Balaban J connectivity index is 2.86. The van der Waals surface area contributed by atoms with Crippen LogP contribution in [0.1, 0.15) is 33.1 Å². The molecule has 0 aliphatic carbocycles. The number of hydrogen-bond acceptors (Lipinski definition) is 2. The van der Waals surface area contributed by atoms with Crippen LogP contribution in [0.5, 0.6) is 0 Å². The van der Waals surface area contributed by atoms with E-state index in [9.17, 15) is 0 Å². The molecule has 6 heteroatoms. The Kier molecular flexibility index (Phi) is 5.22. The summed E-state index contributed by atoms with van der Waals surface area (Å²) in [6, 6.07) is -2.80. The van der Waals surface area contributed by atoms with Gasteiger partial charge >= 0.3 is 6.00 Å². The van der Waals surface area contributed by atoms with Crippen molar-refractivity contribution in [3.05, 3.63) is 0 Å². The Morgan fingerprint density at radius 1 is 1.20 bits per heavy atom. The Labute approximate surface area is 106 Å². The summed E-state index contributed by atoms with van der Waals surface area (Å²) in [7, 11) is 0. The zero-order valence-corrected chi connectivity index (χ0v) is 12.3. The first kappa shape index (κ1) is 14.1. The summed E-state index contributed by atoms with van der Waals surface area (Å²) in [6.07, 6.45) is 2.42. The quantitative estimate of drug-likeness (QED) is 0.576. The molecule has 0 radical (unpaired) electrons. The van der Waals surface area contributed by atoms with Crippen LogP contribution in [0.4, 0.5) is 0 Å². The van der Waals surface area contributed by atoms with Gasteiger partial charge in [0.25, 0.3) is 0 Å². The fourth-order valence-corrected chi connectivity index (χ4v) is 6.25. The molecule has 0 amide bonds. The van der Waals surface area contributed by atoms with Crippen molar-refractivity contribution in [3.8, 4) is 0 Å². The molecule has 0 spiro atoms. The number of rotatable bonds is 4. The maximum absolute atomic E-state index is 6.11. The van der Waals surface area contributed by atoms with E-state index in [-0.39, 0.29) is 5.54 Å². The van der Waals surface area contributed by atoms with E-state index in [0.717, 1.165) is 19.3 Å². The summed E-state index contributed by atoms with van der Waals surface area (Å²) in [5, 5.41) is 0. The van der Waals surface area contributed by atoms with Gasteiger partial charge in [-0.2, -0.15) is 0 Å². The molecule has 1 aliphatic heterocycles. The van der Waals surface area contributed by atoms with Crippen LogP contribution in [0.25, 0.3) is 0 Å². The molecule has 0 saturated carbocycles. The first-order chi connectivity index (χ1) is 6.96. The Morgan fingerprint density at radius 3 is 2.07 bits per heavy atom. The summed E-state index contributed by atoms with van der Waals surface area (Å²) >= 11 is 18.3. The van der Waals surface area contributed by atoms with Crippen molar-refractivity contribution < 1.29 is 9.47 Å². The van der Waals surface area contributed by atoms with Gasteiger partial charge in [0.1, 0.15) is 0 Å². The van der Waals surface area contributed by atoms with Gasteiger partial charge in [-0.25, -0.2) is 0 Å². The normalized spacial score (nSPS) is 23.8. The second-order valence-electron chi connectivity index (χ2n) is 3.72. The van der Waals surface area contributed by atoms with Gasteiger partial charge in [0.05, 0.1) is 13.2 Å². The van der Waals surface area contributed by atoms with E-state index in [4.69, 9.17) is 42.7 Å². The fraction of sp³-hybridized carbons (Fsp3) is 1.00. The van der Waals surface area contributed by atoms with Crippen molar-refractivity contribution in [1.29, 1.82) is 0 Å². The minimum atomic E-state index is -2.80. The van der Waals surface area contributed by atoms with Gasteiger partial charge in [0.15, 0.2) is 5.79 Å². The molecule has 0 aromatic heterocycles. The fourth-order valence-electron chi connectivity index (χ4n) is 2.03. The molecule has 1 heterocycles. The second-order valence-corrected chi connectivity index (χ2v) is 12.6. The third kappa shape index (κ3) is 3.24. The lowest BCUT2D eigenvalue weighted by atomic mass is 10.1. The van der Waals surface area contributed by atoms with Crippen LogP contribution in [0.2, 0.25) is 5.54 Å². The van der Waals surface area contributed by atoms with Crippen LogP contribution in [0.3, 0.4) is 0 Å². The van der Waals surface area contributed by atoms with E-state index < -0.39 is 11.8 Å². The Bertz CT molecular complexity index is 202. The van der Waals surface area contributed by atoms with E-state index >= 15 is 0 Å². The van der Waals surface area contributed by atoms with Gasteiger partial charge in [-0.1, -0.05) is 13.8 Å². The lowest BCUT2D eigenvalue weighted by molar-refractivity contribution is -0.271. The molecule has 2 nitrogen and oxygen atoms in total. The summed E-state index contributed by atoms with van der Waals surface area (Å²) in [5.41, 5.74) is -0.0969. The molecule has 0 aromatic rings. The zero-order chi connectivity index (χ0) is 11.5. The molecule has 1 atom stereocenters. The van der Waals surface area contributed by atoms with E-state index in [1.54, 1.807) is 0 Å². The largest absolute Gasteiger partial charge is 0.350 e. The second kappa shape index (κ2) is 5.56. The predicted molar refractivity (Wildman–Crippen MR) is 66.9 cm³/mol. The molecule has 1 saturated heterocycles. The van der Waals surface area contributed by atoms with Crippen LogP contribution in [0, 0.1) is 0 Å². The number of ether oxygens (including phenoxy) is 2. The average Bonchev–Trinajstić information content (AvgIpc) is 2.18. The molecule has 0 N–H and O–H groups in total. The highest BCUT2D eigenvalue weighted by atomic mass is 35.8. The standard InChI is InChI=1S/C9H17Cl3O2Si/c1-3-8(15(10,11)12)9(4-2)13-6-5-7-14-9/h8H,3-7H2,1-2H3. The van der Waals surface area contributed by atoms with Crippen LogP contribution < -0.4 is 0 Å². The lowest BCUT2D eigenvalue weighted by Gasteiger charge is -2.44. The summed E-state index contributed by atoms with van der Waals surface area (Å²) in [4.78, 5) is 0. The monoisotopic (exact) mass is 290 g/mol. The number of hydrogen-bond donors (Lipinski definition) is 0. The third-order valence-corrected chi connectivity index (χ3v) is 6.82. The molecule has 0 aromatic carbocycles. The van der Waals surface area contributed by atoms with Crippen molar-refractivity contribution in [2.24, 2.45) is 0 Å². The van der Waals surface area contributed by atoms with E-state index in [1.165, 1.54) is 0 Å². The van der Waals surface area contributed by atoms with Crippen LogP contribution in [-0.4, -0.2) is 25.0 Å². The minimum Gasteiger partial charge on any atom is -0.350 e. The first-order valence-corrected chi connectivity index (χ1v) is 10.4. The lowest BCUT2D eigenvalue weighted by Crippen LogP contribution is -2.49. The van der Waals surface area contributed by atoms with E-state index in [1.807, 2.05) is 13.8 Å². The predicted octanol–water partition coefficient (Wildman–Crippen LogP) is 3.97. The van der Waals surface area contributed by atoms with Gasteiger partial charge in [0, 0.05) is 5.54 Å². The van der Waals surface area contributed by atoms with Gasteiger partial charge in [0.2, 0.25) is 0 Å². The van der Waals surface area contributed by atoms with E-state index in [2.05, 4.69) is 0 Å². The highest BCUT2D eigenvalue weighted by molar-refractivity contribution is 7.65. The highest BCUT2D eigenvalue weighted by Crippen LogP contribution is 2.48. The van der Waals surface area contributed by atoms with Gasteiger partial charge in [-0.05, 0) is 19.3 Å². The Morgan fingerprint density at radius 2 is 1.73 bits per heavy atom. The van der Waals surface area contributed by atoms with Crippen molar-refractivity contribution in [3.63, 3.8) is 0 Å². The van der Waals surface area contributed by atoms with Gasteiger partial charge in [-0.3, -0.25) is 0 Å². The highest BCUT2D eigenvalue weighted by Gasteiger charge is 2.52. The molecule has 1 unspecified atom stereocenters. The average molecular weight is 292 g/mol. The van der Waals surface area contributed by atoms with Crippen molar-refractivity contribution in [2.45, 2.75) is 44.4 Å². The summed E-state index contributed by atoms with van der Waals surface area (Å²) in [6.45, 7) is 5.41. The molecule has 0 bridgehead atoms. The smallest absolute Gasteiger partial charge is 0.349 e. The maximum Gasteiger partial charge on any atom is 0.349 e. The van der Waals surface area contributed by atoms with Crippen LogP contribution >= 0.6 is 33.2 Å². The van der Waals surface area contributed by atoms with Crippen molar-refractivity contribution >= 4 is 39.2 Å². The summed E-state index contributed by atoms with van der Waals surface area (Å²) in [5.74, 6) is -0.662. The first-order valence-electron chi connectivity index (χ1n) is 5.31. The van der Waals surface area contributed by atoms with Crippen molar-refractivity contribution in [2.75, 3.05) is 13.2 Å². The number of halogens is 3. The summed E-state index contributed by atoms with van der Waals surface area (Å²) < 4.78 is 11.5. The molecule has 1 fully saturated rings. The van der Waals surface area contributed by atoms with E-state index in [0.29, 0.717) is 13.2 Å². The molecule has 1 aliphatic rings. The maximum atomic E-state index is 6.11. The molecular formula is C9H17Cl3O2Si. The molecular weight excluding hydrogens is 275 g/mol. The van der Waals surface area contributed by atoms with Gasteiger partial charge in [-0.15, -0.1) is 33.2 Å². The Hall–Kier alpha value is 1.01. The molecule has 15 heavy (non-hydrogen) atoms. The van der Waals surface area contributed by atoms with Crippen LogP contribution in [0.15, 0.2) is 0 Å². The minimum absolute atomic E-state index is 0.0969. The third-order valence-electron chi connectivity index (χ3n) is 2.81. The molecule has 90 valence electrons. The SMILES string of the molecule is CCC(C1(CC)OCCCO1)[Si](Cl)(Cl)Cl. The molecule has 1 rings (SSSR count). The van der Waals surface area contributed by atoms with Gasteiger partial charge < -0.3 is 9.47 Å². The van der Waals surface area contributed by atoms with Crippen LogP contribution in [-0.2, 0) is 9.47 Å². The van der Waals surface area contributed by atoms with Crippen molar-refractivity contribution in [1.82, 2.24) is 0 Å².